The van der Waals surface area contributed by atoms with Gasteiger partial charge in [0.25, 0.3) is 5.70 Å². The van der Waals surface area contributed by atoms with Gasteiger partial charge in [0.05, 0.1) is 34.2 Å². The summed E-state index contributed by atoms with van der Waals surface area (Å²) in [6, 6.07) is 24.6. The molecule has 0 aliphatic carbocycles. The predicted molar refractivity (Wildman–Crippen MR) is 129 cm³/mol. The molecule has 1 aromatic heterocycles. The Morgan fingerprint density at radius 1 is 0.971 bits per heavy atom. The lowest BCUT2D eigenvalue weighted by molar-refractivity contribution is -0.431. The van der Waals surface area contributed by atoms with Crippen LogP contribution in [0.5, 0.6) is 0 Å². The molecule has 1 aliphatic rings. The Bertz CT molecular complexity index is 1270. The summed E-state index contributed by atoms with van der Waals surface area (Å²) in [6.07, 6.45) is 0.551. The van der Waals surface area contributed by atoms with Gasteiger partial charge in [-0.3, -0.25) is 15.1 Å². The molecule has 0 spiro atoms. The van der Waals surface area contributed by atoms with Crippen molar-refractivity contribution in [3.05, 3.63) is 123 Å². The lowest BCUT2D eigenvalue weighted by Crippen LogP contribution is -2.32. The first-order valence-electron chi connectivity index (χ1n) is 11.0. The molecule has 2 heterocycles. The summed E-state index contributed by atoms with van der Waals surface area (Å²) in [5.74, 6) is -1.55. The molecule has 0 unspecified atom stereocenters. The van der Waals surface area contributed by atoms with E-state index in [4.69, 9.17) is 9.72 Å². The molecule has 172 valence electrons. The third kappa shape index (κ3) is 4.88. The van der Waals surface area contributed by atoms with Gasteiger partial charge in [0, 0.05) is 17.7 Å². The first kappa shape index (κ1) is 22.9. The Kier molecular flexibility index (Phi) is 6.82. The molecular formula is C27H25N3O4. The number of pyridine rings is 1. The van der Waals surface area contributed by atoms with Crippen molar-refractivity contribution in [1.82, 2.24) is 10.3 Å². The van der Waals surface area contributed by atoms with Gasteiger partial charge in [-0.1, -0.05) is 66.7 Å². The van der Waals surface area contributed by atoms with Crippen LogP contribution >= 0.6 is 0 Å². The smallest absolute Gasteiger partial charge is 0.337 e. The van der Waals surface area contributed by atoms with Crippen LogP contribution in [0.2, 0.25) is 0 Å². The molecular weight excluding hydrogens is 430 g/mol. The van der Waals surface area contributed by atoms with E-state index in [9.17, 15) is 14.9 Å². The minimum atomic E-state index is -0.955. The van der Waals surface area contributed by atoms with E-state index in [-0.39, 0.29) is 17.9 Å². The molecule has 1 aliphatic heterocycles. The molecule has 0 saturated heterocycles. The van der Waals surface area contributed by atoms with Crippen molar-refractivity contribution >= 4 is 5.97 Å². The fourth-order valence-corrected chi connectivity index (χ4v) is 4.15. The van der Waals surface area contributed by atoms with E-state index in [1.54, 1.807) is 26.0 Å². The van der Waals surface area contributed by atoms with Crippen molar-refractivity contribution in [2.45, 2.75) is 26.2 Å². The van der Waals surface area contributed by atoms with Gasteiger partial charge in [0.15, 0.2) is 0 Å². The van der Waals surface area contributed by atoms with E-state index < -0.39 is 16.8 Å². The average molecular weight is 456 g/mol. The number of benzene rings is 2. The maximum absolute atomic E-state index is 13.2. The first-order valence-corrected chi connectivity index (χ1v) is 11.0. The fraction of sp³-hybridized carbons (Fsp3) is 0.185. The summed E-state index contributed by atoms with van der Waals surface area (Å²) in [5, 5.41) is 15.1. The van der Waals surface area contributed by atoms with Crippen LogP contribution in [0, 0.1) is 10.1 Å². The zero-order valence-electron chi connectivity index (χ0n) is 19.0. The van der Waals surface area contributed by atoms with Gasteiger partial charge in [-0.05, 0) is 31.5 Å². The lowest BCUT2D eigenvalue weighted by atomic mass is 9.86. The second-order valence-electron chi connectivity index (χ2n) is 8.05. The van der Waals surface area contributed by atoms with Gasteiger partial charge in [-0.15, -0.1) is 0 Å². The molecule has 0 radical (unpaired) electrons. The van der Waals surface area contributed by atoms with Crippen LogP contribution in [0.1, 0.15) is 31.0 Å². The zero-order chi connectivity index (χ0) is 24.1. The summed E-state index contributed by atoms with van der Waals surface area (Å²) >= 11 is 0. The molecule has 4 rings (SSSR count). The van der Waals surface area contributed by atoms with Crippen molar-refractivity contribution in [3.63, 3.8) is 0 Å². The van der Waals surface area contributed by atoms with Gasteiger partial charge in [0.1, 0.15) is 5.92 Å². The highest BCUT2D eigenvalue weighted by Crippen LogP contribution is 2.38. The van der Waals surface area contributed by atoms with E-state index in [0.29, 0.717) is 29.2 Å². The Balaban J connectivity index is 1.68. The predicted octanol–water partition coefficient (Wildman–Crippen LogP) is 5.00. The summed E-state index contributed by atoms with van der Waals surface area (Å²) in [5.41, 5.74) is 3.99. The molecule has 7 nitrogen and oxygen atoms in total. The van der Waals surface area contributed by atoms with Crippen LogP contribution in [0.25, 0.3) is 11.3 Å². The number of dihydropyridines is 1. The molecule has 7 heteroatoms. The zero-order valence-corrected chi connectivity index (χ0v) is 19.0. The third-order valence-corrected chi connectivity index (χ3v) is 5.74. The molecule has 1 atom stereocenters. The van der Waals surface area contributed by atoms with Crippen molar-refractivity contribution in [1.29, 1.82) is 0 Å². The van der Waals surface area contributed by atoms with Crippen LogP contribution in [0.4, 0.5) is 0 Å². The number of rotatable bonds is 7. The molecule has 0 bridgehead atoms. The average Bonchev–Trinajstić information content (AvgIpc) is 2.84. The van der Waals surface area contributed by atoms with Crippen LogP contribution in [-0.2, 0) is 16.0 Å². The number of allylic oxidation sites excluding steroid dienone is 3. The highest BCUT2D eigenvalue weighted by molar-refractivity contribution is 5.92. The van der Waals surface area contributed by atoms with Crippen molar-refractivity contribution in [3.8, 4) is 11.3 Å². The fourth-order valence-electron chi connectivity index (χ4n) is 4.15. The van der Waals surface area contributed by atoms with Crippen LogP contribution in [0.15, 0.2) is 102 Å². The normalized spacial score (nSPS) is 15.6. The van der Waals surface area contributed by atoms with Crippen LogP contribution < -0.4 is 5.32 Å². The summed E-state index contributed by atoms with van der Waals surface area (Å²) in [7, 11) is 0. The minimum Gasteiger partial charge on any atom is -0.462 e. The van der Waals surface area contributed by atoms with Gasteiger partial charge >= 0.3 is 5.97 Å². The number of esters is 1. The van der Waals surface area contributed by atoms with Gasteiger partial charge in [0.2, 0.25) is 0 Å². The highest BCUT2D eigenvalue weighted by Gasteiger charge is 2.41. The van der Waals surface area contributed by atoms with E-state index >= 15 is 0 Å². The monoisotopic (exact) mass is 455 g/mol. The minimum absolute atomic E-state index is 0.113. The number of hydrogen-bond acceptors (Lipinski definition) is 6. The van der Waals surface area contributed by atoms with E-state index in [1.165, 1.54) is 0 Å². The number of nitrogens with one attached hydrogen (secondary N) is 1. The SMILES string of the molecule is CC1=C(C(=O)OCCc2ccccc2)[C@@H](c2cccc(-c3ccccc3)n2)C([N+](=O)[O-])=C(C)N1. The molecule has 34 heavy (non-hydrogen) atoms. The van der Waals surface area contributed by atoms with Crippen molar-refractivity contribution < 1.29 is 14.5 Å². The third-order valence-electron chi connectivity index (χ3n) is 5.74. The quantitative estimate of drug-likeness (QED) is 0.306. The number of carbonyl (C=O) groups is 1. The number of nitro groups is 1. The summed E-state index contributed by atoms with van der Waals surface area (Å²) in [4.78, 5) is 29.6. The van der Waals surface area contributed by atoms with Gasteiger partial charge < -0.3 is 10.1 Å². The molecule has 0 amide bonds. The Morgan fingerprint density at radius 3 is 2.32 bits per heavy atom. The summed E-state index contributed by atoms with van der Waals surface area (Å²) in [6.45, 7) is 3.52. The second kappa shape index (κ2) is 10.1. The first-order chi connectivity index (χ1) is 16.5. The van der Waals surface area contributed by atoms with Crippen LogP contribution in [-0.4, -0.2) is 22.5 Å². The van der Waals surface area contributed by atoms with Crippen molar-refractivity contribution in [2.75, 3.05) is 6.61 Å². The van der Waals surface area contributed by atoms with E-state index in [2.05, 4.69) is 5.32 Å². The van der Waals surface area contributed by atoms with E-state index in [1.807, 2.05) is 66.7 Å². The lowest BCUT2D eigenvalue weighted by Gasteiger charge is -2.26. The highest BCUT2D eigenvalue weighted by atomic mass is 16.6. The maximum Gasteiger partial charge on any atom is 0.337 e. The Hall–Kier alpha value is -4.26. The molecule has 3 aromatic rings. The molecule has 0 fully saturated rings. The van der Waals surface area contributed by atoms with Gasteiger partial charge in [-0.25, -0.2) is 4.79 Å². The number of hydrogen-bond donors (Lipinski definition) is 1. The number of ether oxygens (including phenoxy) is 1. The number of carbonyl (C=O) groups excluding carboxylic acids is 1. The molecule has 2 aromatic carbocycles. The Morgan fingerprint density at radius 2 is 1.65 bits per heavy atom. The molecule has 1 N–H and O–H groups in total. The van der Waals surface area contributed by atoms with E-state index in [0.717, 1.165) is 11.1 Å². The molecule has 0 saturated carbocycles. The maximum atomic E-state index is 13.2. The van der Waals surface area contributed by atoms with Crippen LogP contribution in [0.3, 0.4) is 0 Å². The van der Waals surface area contributed by atoms with Gasteiger partial charge in [-0.2, -0.15) is 0 Å². The topological polar surface area (TPSA) is 94.4 Å². The number of nitrogens with zero attached hydrogens (tertiary/aromatic N) is 2. The number of aromatic nitrogens is 1. The largest absolute Gasteiger partial charge is 0.462 e. The Labute approximate surface area is 198 Å². The van der Waals surface area contributed by atoms with Crippen molar-refractivity contribution in [2.24, 2.45) is 0 Å². The summed E-state index contributed by atoms with van der Waals surface area (Å²) < 4.78 is 5.58. The standard InChI is InChI=1S/C27H25N3O4/c1-18-24(27(31)34-17-16-20-10-5-3-6-11-20)25(26(30(32)33)19(2)28-18)23-15-9-14-22(29-23)21-12-7-4-8-13-21/h3-15,25,28H,16-17H2,1-2H3/t25-/m1/s1. The second-order valence-corrected chi connectivity index (χ2v) is 8.05.